The molecule has 8 rings (SSSR count). The zero-order valence-electron chi connectivity index (χ0n) is 33.4. The molecule has 0 saturated carbocycles. The van der Waals surface area contributed by atoms with Crippen LogP contribution in [0.15, 0.2) is 20.8 Å². The van der Waals surface area contributed by atoms with Gasteiger partial charge in [0.15, 0.2) is 0 Å². The number of benzene rings is 6. The Bertz CT molecular complexity index is 3290. The zero-order valence-corrected chi connectivity index (χ0v) is 33.4. The molecule has 6 aromatic carbocycles. The van der Waals surface area contributed by atoms with Crippen molar-refractivity contribution >= 4 is 341 Å². The Hall–Kier alpha value is -3.32. The molecule has 1 aliphatic carbocycles. The topological polar surface area (TPSA) is 13.1 Å². The standard InChI is InChI=1S/C38H2B24O/c39-13-3-1(4-6(16(42)28(54)26(52)14(4)40)2(5(3)15(41)27(53)25(13)51)9-19(45)29(55)34(60)30(56)20(9)46)7-8-12-23(49)18(44)11(10-21(47)31(57)35(61)32(58)22(10)48)24(50)38(12)63-37(8)36(62)33(59)17(7)43/h31,35H. The second-order valence-electron chi connectivity index (χ2n) is 15.5. The largest absolute Gasteiger partial charge is 0.457 e. The highest BCUT2D eigenvalue weighted by molar-refractivity contribution is 6.75. The third kappa shape index (κ3) is 6.04. The van der Waals surface area contributed by atoms with Gasteiger partial charge < -0.3 is 4.42 Å². The maximum Gasteiger partial charge on any atom is 0.128 e. The molecule has 1 aromatic heterocycles. The van der Waals surface area contributed by atoms with Crippen molar-refractivity contribution in [2.45, 2.75) is 11.6 Å². The molecule has 48 radical (unpaired) electrons. The highest BCUT2D eigenvalue weighted by Crippen LogP contribution is 2.45. The van der Waals surface area contributed by atoms with Crippen LogP contribution in [0.2, 0.25) is 11.6 Å². The Balaban J connectivity index is 1.72. The quantitative estimate of drug-likeness (QED) is 0.130. The summed E-state index contributed by atoms with van der Waals surface area (Å²) >= 11 is 0. The molecule has 7 aromatic rings. The molecule has 0 bridgehead atoms. The molecule has 0 spiro atoms. The first-order valence-corrected chi connectivity index (χ1v) is 18.6. The van der Waals surface area contributed by atoms with Gasteiger partial charge in [0.1, 0.15) is 184 Å². The van der Waals surface area contributed by atoms with Gasteiger partial charge in [0, 0.05) is 10.8 Å². The lowest BCUT2D eigenvalue weighted by molar-refractivity contribution is 0.674. The van der Waals surface area contributed by atoms with Crippen molar-refractivity contribution in [1.82, 2.24) is 0 Å². The number of furan rings is 1. The third-order valence-corrected chi connectivity index (χ3v) is 12.3. The van der Waals surface area contributed by atoms with Crippen LogP contribution in [0.3, 0.4) is 0 Å². The van der Waals surface area contributed by atoms with E-state index in [1.165, 1.54) is 0 Å². The van der Waals surface area contributed by atoms with Crippen LogP contribution in [-0.4, -0.2) is 188 Å². The lowest BCUT2D eigenvalue weighted by atomic mass is 9.46. The lowest BCUT2D eigenvalue weighted by Gasteiger charge is -2.36. The maximum atomic E-state index is 7.05. The van der Waals surface area contributed by atoms with Gasteiger partial charge in [-0.05, 0) is 60.4 Å². The van der Waals surface area contributed by atoms with Gasteiger partial charge in [-0.15, -0.1) is 60.1 Å². The van der Waals surface area contributed by atoms with Crippen LogP contribution >= 0.6 is 0 Å². The molecule has 63 heavy (non-hydrogen) atoms. The van der Waals surface area contributed by atoms with Gasteiger partial charge >= 0.3 is 0 Å². The molecule has 0 fully saturated rings. The van der Waals surface area contributed by atoms with E-state index >= 15 is 0 Å². The van der Waals surface area contributed by atoms with Crippen LogP contribution < -0.4 is 104 Å². The second-order valence-corrected chi connectivity index (χ2v) is 15.5. The predicted molar refractivity (Wildman–Crippen MR) is 292 cm³/mol. The summed E-state index contributed by atoms with van der Waals surface area (Å²) in [6, 6.07) is 0. The summed E-state index contributed by atoms with van der Waals surface area (Å²) < 4.78 is 6.50. The lowest BCUT2D eigenvalue weighted by Crippen LogP contribution is -2.55. The van der Waals surface area contributed by atoms with Gasteiger partial charge in [0.05, 0.1) is 15.7 Å². The van der Waals surface area contributed by atoms with Gasteiger partial charge in [0.25, 0.3) is 0 Å². The molecule has 0 aliphatic heterocycles. The first-order valence-electron chi connectivity index (χ1n) is 18.6. The monoisotopic (exact) mass is 738 g/mol. The first kappa shape index (κ1) is 46.2. The summed E-state index contributed by atoms with van der Waals surface area (Å²) in [4.78, 5) is 0. The van der Waals surface area contributed by atoms with Gasteiger partial charge in [-0.25, -0.2) is 0 Å². The Morgan fingerprint density at radius 3 is 0.984 bits per heavy atom. The van der Waals surface area contributed by atoms with Crippen LogP contribution in [0, 0.1) is 0 Å². The van der Waals surface area contributed by atoms with Crippen molar-refractivity contribution in [3.05, 3.63) is 22.0 Å². The molecule has 0 N–H and O–H groups in total. The SMILES string of the molecule is [B]C1=C([B])C([B])C([B])C([B])=C1c1c([B])c([B])c2c(oc3c([B])c([B])c([B])c(-c4c5c([B])c([B])c([B])c([B])c5c(-c5c([B])c([B])c([B])c([B])c5[B])c5c([B])c([B])c([B])c([B])c45)c32)c1[B]. The minimum atomic E-state index is -0.990. The summed E-state index contributed by atoms with van der Waals surface area (Å²) in [5.74, 6) is -1.91. The molecule has 1 nitrogen and oxygen atoms in total. The molecule has 2 atom stereocenters. The van der Waals surface area contributed by atoms with Crippen LogP contribution in [0.5, 0.6) is 0 Å². The van der Waals surface area contributed by atoms with E-state index < -0.39 is 11.6 Å². The summed E-state index contributed by atoms with van der Waals surface area (Å²) in [6.07, 6.45) is 0. The normalized spacial score (nSPS) is 15.7. The second kappa shape index (κ2) is 15.7. The Morgan fingerprint density at radius 2 is 0.540 bits per heavy atom. The highest BCUT2D eigenvalue weighted by atomic mass is 16.3. The highest BCUT2D eigenvalue weighted by Gasteiger charge is 2.32. The van der Waals surface area contributed by atoms with Gasteiger partial charge in [-0.3, -0.25) is 0 Å². The molecular weight excluding hydrogens is 732 g/mol. The van der Waals surface area contributed by atoms with E-state index in [0.29, 0.717) is 0 Å². The third-order valence-electron chi connectivity index (χ3n) is 12.3. The minimum Gasteiger partial charge on any atom is -0.457 e. The fourth-order valence-electron chi connectivity index (χ4n) is 8.78. The summed E-state index contributed by atoms with van der Waals surface area (Å²) in [7, 11) is 160. The van der Waals surface area contributed by atoms with Crippen molar-refractivity contribution in [1.29, 1.82) is 0 Å². The molecule has 232 valence electrons. The molecule has 1 heterocycles. The van der Waals surface area contributed by atoms with Crippen molar-refractivity contribution in [3.63, 3.8) is 0 Å². The smallest absolute Gasteiger partial charge is 0.128 e. The summed E-state index contributed by atoms with van der Waals surface area (Å²) in [6.45, 7) is 0. The average molecular weight is 734 g/mol. The fraction of sp³-hybridized carbons (Fsp3) is 0.0526. The Kier molecular flexibility index (Phi) is 11.5. The molecule has 25 heteroatoms. The number of allylic oxidation sites excluding steroid dienone is 4. The van der Waals surface area contributed by atoms with E-state index in [0.717, 1.165) is 0 Å². The number of rotatable bonds is 3. The van der Waals surface area contributed by atoms with Crippen molar-refractivity contribution in [2.24, 2.45) is 0 Å². The maximum absolute atomic E-state index is 7.05. The molecular formula is C38H2B24O. The number of hydrogen-bond donors (Lipinski definition) is 0. The van der Waals surface area contributed by atoms with Crippen LogP contribution in [0.4, 0.5) is 0 Å². The van der Waals surface area contributed by atoms with Gasteiger partial charge in [-0.1, -0.05) is 66.3 Å². The predicted octanol–water partition coefficient (Wildman–Crippen LogP) is -14.3. The Morgan fingerprint density at radius 1 is 0.238 bits per heavy atom. The number of fused-ring (bicyclic) bond motifs is 5. The van der Waals surface area contributed by atoms with Crippen molar-refractivity contribution in [3.8, 4) is 22.3 Å². The van der Waals surface area contributed by atoms with Gasteiger partial charge in [-0.2, -0.15) is 0 Å². The summed E-state index contributed by atoms with van der Waals surface area (Å²) in [5.41, 5.74) is -2.64. The fourth-order valence-corrected chi connectivity index (χ4v) is 8.78. The zero-order chi connectivity index (χ0) is 46.6. The molecule has 0 saturated heterocycles. The number of hydrogen-bond acceptors (Lipinski definition) is 1. The average Bonchev–Trinajstić information content (AvgIpc) is 3.66. The van der Waals surface area contributed by atoms with Crippen LogP contribution in [0.25, 0.3) is 71.3 Å². The van der Waals surface area contributed by atoms with Crippen molar-refractivity contribution < 1.29 is 4.42 Å². The first-order chi connectivity index (χ1) is 29.3. The van der Waals surface area contributed by atoms with Crippen LogP contribution in [-0.2, 0) is 0 Å². The van der Waals surface area contributed by atoms with E-state index in [-0.39, 0.29) is 197 Å². The van der Waals surface area contributed by atoms with E-state index in [4.69, 9.17) is 193 Å². The minimum absolute atomic E-state index is 0.00163. The Labute approximate surface area is 399 Å². The van der Waals surface area contributed by atoms with E-state index in [1.54, 1.807) is 0 Å². The van der Waals surface area contributed by atoms with Crippen molar-refractivity contribution in [2.75, 3.05) is 0 Å². The summed E-state index contributed by atoms with van der Waals surface area (Å²) in [5, 5.41) is 0.307. The van der Waals surface area contributed by atoms with Crippen LogP contribution in [0.1, 0.15) is 5.56 Å². The molecule has 0 amide bonds. The van der Waals surface area contributed by atoms with E-state index in [9.17, 15) is 0 Å². The molecule has 1 aliphatic rings. The van der Waals surface area contributed by atoms with E-state index in [2.05, 4.69) is 0 Å². The van der Waals surface area contributed by atoms with Gasteiger partial charge in [0.2, 0.25) is 0 Å². The molecule has 2 unspecified atom stereocenters. The van der Waals surface area contributed by atoms with E-state index in [1.807, 2.05) is 0 Å².